The quantitative estimate of drug-likeness (QED) is 0.490. The summed E-state index contributed by atoms with van der Waals surface area (Å²) < 4.78 is 18.0. The van der Waals surface area contributed by atoms with Gasteiger partial charge in [0.15, 0.2) is 0 Å². The third kappa shape index (κ3) is 6.10. The molecule has 0 aliphatic carbocycles. The maximum Gasteiger partial charge on any atom is 0.259 e. The van der Waals surface area contributed by atoms with Crippen LogP contribution in [0.15, 0.2) is 43.0 Å². The molecule has 1 saturated heterocycles. The average molecular weight is 364 g/mol. The first-order chi connectivity index (χ1) is 12.2. The molecule has 25 heavy (non-hydrogen) atoms. The van der Waals surface area contributed by atoms with Crippen molar-refractivity contribution in [2.24, 2.45) is 0 Å². The third-order valence-corrected chi connectivity index (χ3v) is 4.73. The molecule has 5 heteroatoms. The van der Waals surface area contributed by atoms with Crippen LogP contribution in [0.3, 0.4) is 0 Å². The topological polar surface area (TPSA) is 30.9 Å². The van der Waals surface area contributed by atoms with Gasteiger partial charge < -0.3 is 19.1 Å². The van der Waals surface area contributed by atoms with Crippen LogP contribution in [0.1, 0.15) is 32.3 Å². The molecule has 1 aliphatic heterocycles. The first-order valence-corrected chi connectivity index (χ1v) is 9.42. The lowest BCUT2D eigenvalue weighted by Crippen LogP contribution is -2.37. The average Bonchev–Trinajstić information content (AvgIpc) is 2.98. The van der Waals surface area contributed by atoms with Gasteiger partial charge in [-0.15, -0.1) is 6.58 Å². The molecule has 1 aromatic rings. The van der Waals surface area contributed by atoms with Gasteiger partial charge in [0.1, 0.15) is 12.2 Å². The lowest BCUT2D eigenvalue weighted by atomic mass is 10.1. The standard InChI is InChI=1S/C20H29NO3S/c1-4-10-17-13-18(24-20(25)21(5-2)6-3)19(23-17)15-22-14-16-11-8-7-9-12-16/h4,7-9,11-12,17-19H,1,5-6,10,13-15H2,2-3H3/t17?,18-,19+/m0/s1. The van der Waals surface area contributed by atoms with Crippen LogP contribution in [0.2, 0.25) is 0 Å². The highest BCUT2D eigenvalue weighted by atomic mass is 32.1. The minimum absolute atomic E-state index is 0.0752. The molecule has 138 valence electrons. The molecule has 0 radical (unpaired) electrons. The molecule has 1 aromatic carbocycles. The summed E-state index contributed by atoms with van der Waals surface area (Å²) in [6.07, 6.45) is 3.45. The highest BCUT2D eigenvalue weighted by Gasteiger charge is 2.37. The van der Waals surface area contributed by atoms with Gasteiger partial charge in [0.25, 0.3) is 5.17 Å². The van der Waals surface area contributed by atoms with Crippen molar-refractivity contribution in [2.75, 3.05) is 19.7 Å². The maximum atomic E-state index is 6.10. The lowest BCUT2D eigenvalue weighted by molar-refractivity contribution is -0.0464. The largest absolute Gasteiger partial charge is 0.465 e. The second kappa shape index (κ2) is 10.5. The number of thiocarbonyl (C=S) groups is 1. The number of rotatable bonds is 9. The minimum atomic E-state index is -0.109. The van der Waals surface area contributed by atoms with E-state index in [0.717, 1.165) is 31.5 Å². The Labute approximate surface area is 156 Å². The van der Waals surface area contributed by atoms with E-state index in [1.807, 2.05) is 29.2 Å². The number of benzene rings is 1. The molecule has 1 unspecified atom stereocenters. The molecule has 0 bridgehead atoms. The van der Waals surface area contributed by atoms with Crippen molar-refractivity contribution in [3.05, 3.63) is 48.6 Å². The van der Waals surface area contributed by atoms with Crippen molar-refractivity contribution in [2.45, 2.75) is 51.6 Å². The Morgan fingerprint density at radius 1 is 1.32 bits per heavy atom. The lowest BCUT2D eigenvalue weighted by Gasteiger charge is -2.26. The predicted octanol–water partition coefficient (Wildman–Crippen LogP) is 3.95. The van der Waals surface area contributed by atoms with Crippen LogP contribution in [-0.4, -0.2) is 48.1 Å². The molecule has 0 aromatic heterocycles. The molecular weight excluding hydrogens is 334 g/mol. The van der Waals surface area contributed by atoms with Gasteiger partial charge in [-0.1, -0.05) is 36.4 Å². The van der Waals surface area contributed by atoms with E-state index in [0.29, 0.717) is 18.4 Å². The van der Waals surface area contributed by atoms with Gasteiger partial charge >= 0.3 is 0 Å². The van der Waals surface area contributed by atoms with Gasteiger partial charge in [0.05, 0.1) is 19.3 Å². The van der Waals surface area contributed by atoms with Gasteiger partial charge in [-0.25, -0.2) is 0 Å². The fourth-order valence-corrected chi connectivity index (χ4v) is 3.34. The summed E-state index contributed by atoms with van der Waals surface area (Å²) in [6, 6.07) is 10.1. The minimum Gasteiger partial charge on any atom is -0.465 e. The maximum absolute atomic E-state index is 6.10. The van der Waals surface area contributed by atoms with Gasteiger partial charge in [-0.2, -0.15) is 0 Å². The van der Waals surface area contributed by atoms with Crippen molar-refractivity contribution in [1.29, 1.82) is 0 Å². The molecule has 0 N–H and O–H groups in total. The Bertz CT molecular complexity index is 533. The van der Waals surface area contributed by atoms with E-state index in [9.17, 15) is 0 Å². The Kier molecular flexibility index (Phi) is 8.38. The molecule has 0 spiro atoms. The third-order valence-electron chi connectivity index (χ3n) is 4.37. The molecule has 0 saturated carbocycles. The first-order valence-electron chi connectivity index (χ1n) is 9.01. The Balaban J connectivity index is 1.89. The van der Waals surface area contributed by atoms with E-state index in [4.69, 9.17) is 26.4 Å². The molecule has 2 rings (SSSR count). The van der Waals surface area contributed by atoms with Crippen molar-refractivity contribution in [3.8, 4) is 0 Å². The van der Waals surface area contributed by atoms with Crippen molar-refractivity contribution < 1.29 is 14.2 Å². The Hall–Kier alpha value is -1.43. The molecule has 1 aliphatic rings. The normalized spacial score (nSPS) is 22.6. The smallest absolute Gasteiger partial charge is 0.259 e. The van der Waals surface area contributed by atoms with Gasteiger partial charge in [-0.3, -0.25) is 0 Å². The fourth-order valence-electron chi connectivity index (χ4n) is 2.96. The number of ether oxygens (including phenoxy) is 3. The van der Waals surface area contributed by atoms with Gasteiger partial charge in [0.2, 0.25) is 0 Å². The summed E-state index contributed by atoms with van der Waals surface area (Å²) in [5.41, 5.74) is 1.15. The number of hydrogen-bond acceptors (Lipinski definition) is 4. The van der Waals surface area contributed by atoms with Crippen molar-refractivity contribution in [1.82, 2.24) is 4.90 Å². The van der Waals surface area contributed by atoms with Crippen molar-refractivity contribution in [3.63, 3.8) is 0 Å². The monoisotopic (exact) mass is 363 g/mol. The Morgan fingerprint density at radius 3 is 2.68 bits per heavy atom. The van der Waals surface area contributed by atoms with Crippen LogP contribution in [0, 0.1) is 0 Å². The predicted molar refractivity (Wildman–Crippen MR) is 105 cm³/mol. The zero-order chi connectivity index (χ0) is 18.1. The van der Waals surface area contributed by atoms with E-state index in [1.165, 1.54) is 0 Å². The number of nitrogens with zero attached hydrogens (tertiary/aromatic N) is 1. The molecular formula is C20H29NO3S. The zero-order valence-corrected chi connectivity index (χ0v) is 16.0. The number of hydrogen-bond donors (Lipinski definition) is 0. The summed E-state index contributed by atoms with van der Waals surface area (Å²) in [5.74, 6) is 0. The van der Waals surface area contributed by atoms with E-state index < -0.39 is 0 Å². The fraction of sp³-hybridized carbons (Fsp3) is 0.550. The molecule has 1 fully saturated rings. The Morgan fingerprint density at radius 2 is 2.04 bits per heavy atom. The molecule has 1 heterocycles. The molecule has 3 atom stereocenters. The second-order valence-electron chi connectivity index (χ2n) is 6.15. The van der Waals surface area contributed by atoms with Crippen LogP contribution >= 0.6 is 12.2 Å². The van der Waals surface area contributed by atoms with E-state index in [1.54, 1.807) is 0 Å². The van der Waals surface area contributed by atoms with E-state index in [2.05, 4.69) is 32.6 Å². The SMILES string of the molecule is C=CCC1C[C@H](OC(=S)N(CC)CC)[C@@H](COCc2ccccc2)O1. The van der Waals surface area contributed by atoms with Crippen LogP contribution in [0.5, 0.6) is 0 Å². The highest BCUT2D eigenvalue weighted by molar-refractivity contribution is 7.80. The molecule has 4 nitrogen and oxygen atoms in total. The summed E-state index contributed by atoms with van der Waals surface area (Å²) in [6.45, 7) is 10.7. The van der Waals surface area contributed by atoms with Crippen molar-refractivity contribution >= 4 is 17.4 Å². The van der Waals surface area contributed by atoms with Crippen LogP contribution in [0.4, 0.5) is 0 Å². The highest BCUT2D eigenvalue weighted by Crippen LogP contribution is 2.27. The van der Waals surface area contributed by atoms with Crippen LogP contribution in [0.25, 0.3) is 0 Å². The van der Waals surface area contributed by atoms with E-state index >= 15 is 0 Å². The summed E-state index contributed by atoms with van der Waals surface area (Å²) in [5, 5.41) is 0.547. The van der Waals surface area contributed by atoms with Crippen LogP contribution in [-0.2, 0) is 20.8 Å². The summed E-state index contributed by atoms with van der Waals surface area (Å²) >= 11 is 5.44. The second-order valence-corrected chi connectivity index (χ2v) is 6.50. The van der Waals surface area contributed by atoms with Crippen LogP contribution < -0.4 is 0 Å². The van der Waals surface area contributed by atoms with Gasteiger partial charge in [0, 0.05) is 19.5 Å². The summed E-state index contributed by atoms with van der Waals surface area (Å²) in [4.78, 5) is 2.04. The van der Waals surface area contributed by atoms with E-state index in [-0.39, 0.29) is 18.3 Å². The molecule has 0 amide bonds. The van der Waals surface area contributed by atoms with Gasteiger partial charge in [-0.05, 0) is 38.0 Å². The first kappa shape index (κ1) is 19.9. The summed E-state index contributed by atoms with van der Waals surface area (Å²) in [7, 11) is 0. The zero-order valence-electron chi connectivity index (χ0n) is 15.2.